The summed E-state index contributed by atoms with van der Waals surface area (Å²) in [6.45, 7) is 0.483. The maximum absolute atomic E-state index is 12.8. The van der Waals surface area contributed by atoms with E-state index in [1.54, 1.807) is 29.2 Å². The monoisotopic (exact) mass is 418 g/mol. The first-order valence-corrected chi connectivity index (χ1v) is 10.4. The molecule has 0 bridgehead atoms. The van der Waals surface area contributed by atoms with Gasteiger partial charge in [0.15, 0.2) is 11.5 Å². The zero-order valence-electron chi connectivity index (χ0n) is 15.8. The Balaban J connectivity index is 1.46. The first-order chi connectivity index (χ1) is 14.1. The number of likely N-dealkylation sites (tertiary alicyclic amines) is 1. The summed E-state index contributed by atoms with van der Waals surface area (Å²) < 4.78 is 10.6. The highest BCUT2D eigenvalue weighted by molar-refractivity contribution is 8.18. The van der Waals surface area contributed by atoms with Crippen LogP contribution in [-0.2, 0) is 9.59 Å². The van der Waals surface area contributed by atoms with Gasteiger partial charge in [0.25, 0.3) is 11.1 Å². The molecule has 2 saturated heterocycles. The number of amides is 3. The summed E-state index contributed by atoms with van der Waals surface area (Å²) in [5, 5.41) is 8.78. The van der Waals surface area contributed by atoms with E-state index in [1.807, 2.05) is 0 Å². The van der Waals surface area contributed by atoms with Crippen LogP contribution in [0.5, 0.6) is 11.5 Å². The van der Waals surface area contributed by atoms with E-state index < -0.39 is 11.1 Å². The van der Waals surface area contributed by atoms with Crippen LogP contribution in [-0.4, -0.2) is 64.5 Å². The predicted molar refractivity (Wildman–Crippen MR) is 106 cm³/mol. The van der Waals surface area contributed by atoms with Crippen molar-refractivity contribution in [1.29, 1.82) is 0 Å². The van der Waals surface area contributed by atoms with Crippen molar-refractivity contribution in [3.05, 3.63) is 28.7 Å². The van der Waals surface area contributed by atoms with Crippen LogP contribution >= 0.6 is 11.8 Å². The van der Waals surface area contributed by atoms with E-state index in [1.165, 1.54) is 0 Å². The van der Waals surface area contributed by atoms with Crippen LogP contribution in [0.25, 0.3) is 6.08 Å². The van der Waals surface area contributed by atoms with Crippen LogP contribution in [0.15, 0.2) is 23.1 Å². The molecule has 3 heterocycles. The standard InChI is InChI=1S/C20H22N2O6S/c23-8-6-14-3-1-2-7-21(14)18(24)11-22-19(25)17(29-20(22)26)10-13-4-5-15-16(9-13)28-12-27-15/h4-5,9-10,14,23H,1-3,6-8,11-12H2. The molecule has 1 atom stereocenters. The number of fused-ring (bicyclic) bond motifs is 1. The lowest BCUT2D eigenvalue weighted by Crippen LogP contribution is -2.49. The quantitative estimate of drug-likeness (QED) is 0.733. The number of benzene rings is 1. The molecule has 3 aliphatic heterocycles. The van der Waals surface area contributed by atoms with Crippen LogP contribution < -0.4 is 9.47 Å². The van der Waals surface area contributed by atoms with Crippen LogP contribution in [0.1, 0.15) is 31.2 Å². The third-order valence-electron chi connectivity index (χ3n) is 5.27. The van der Waals surface area contributed by atoms with Crippen LogP contribution in [0.2, 0.25) is 0 Å². The van der Waals surface area contributed by atoms with Gasteiger partial charge in [0.05, 0.1) is 4.91 Å². The van der Waals surface area contributed by atoms with Crippen LogP contribution in [0.3, 0.4) is 0 Å². The molecule has 3 aliphatic rings. The van der Waals surface area contributed by atoms with Gasteiger partial charge in [-0.15, -0.1) is 0 Å². The number of aliphatic hydroxyl groups is 1. The molecule has 154 valence electrons. The number of carbonyl (C=O) groups is 3. The summed E-state index contributed by atoms with van der Waals surface area (Å²) in [4.78, 5) is 40.8. The number of aliphatic hydroxyl groups excluding tert-OH is 1. The second-order valence-electron chi connectivity index (χ2n) is 7.13. The highest BCUT2D eigenvalue weighted by Gasteiger charge is 2.38. The lowest BCUT2D eigenvalue weighted by atomic mass is 9.99. The fraction of sp³-hybridized carbons (Fsp3) is 0.450. The first kappa shape index (κ1) is 19.8. The average Bonchev–Trinajstić information content (AvgIpc) is 3.28. The molecule has 2 fully saturated rings. The summed E-state index contributed by atoms with van der Waals surface area (Å²) in [6.07, 6.45) is 4.86. The summed E-state index contributed by atoms with van der Waals surface area (Å²) >= 11 is 0.825. The summed E-state index contributed by atoms with van der Waals surface area (Å²) in [7, 11) is 0. The molecule has 0 aliphatic carbocycles. The highest BCUT2D eigenvalue weighted by atomic mass is 32.2. The van der Waals surface area contributed by atoms with Gasteiger partial charge >= 0.3 is 0 Å². The van der Waals surface area contributed by atoms with Crippen molar-refractivity contribution < 1.29 is 29.0 Å². The molecule has 1 aromatic rings. The van der Waals surface area contributed by atoms with Gasteiger partial charge in [-0.25, -0.2) is 0 Å². The topological polar surface area (TPSA) is 96.4 Å². The second-order valence-corrected chi connectivity index (χ2v) is 8.12. The lowest BCUT2D eigenvalue weighted by molar-refractivity contribution is -0.139. The Morgan fingerprint density at radius 1 is 1.24 bits per heavy atom. The smallest absolute Gasteiger partial charge is 0.294 e. The zero-order chi connectivity index (χ0) is 20.4. The third-order valence-corrected chi connectivity index (χ3v) is 6.18. The summed E-state index contributed by atoms with van der Waals surface area (Å²) in [6, 6.07) is 5.24. The van der Waals surface area contributed by atoms with Gasteiger partial charge in [-0.3, -0.25) is 19.3 Å². The number of carbonyl (C=O) groups excluding carboxylic acids is 3. The van der Waals surface area contributed by atoms with Crippen molar-refractivity contribution in [2.45, 2.75) is 31.7 Å². The zero-order valence-corrected chi connectivity index (χ0v) is 16.7. The number of hydrogen-bond donors (Lipinski definition) is 1. The fourth-order valence-electron chi connectivity index (χ4n) is 3.79. The minimum absolute atomic E-state index is 0.00823. The van der Waals surface area contributed by atoms with Gasteiger partial charge in [0.1, 0.15) is 6.54 Å². The number of rotatable bonds is 5. The Labute approximate surface area is 172 Å². The van der Waals surface area contributed by atoms with E-state index in [0.717, 1.165) is 35.9 Å². The van der Waals surface area contributed by atoms with E-state index in [2.05, 4.69) is 0 Å². The van der Waals surface area contributed by atoms with Gasteiger partial charge in [0.2, 0.25) is 12.7 Å². The van der Waals surface area contributed by atoms with E-state index in [0.29, 0.717) is 30.0 Å². The van der Waals surface area contributed by atoms with E-state index in [4.69, 9.17) is 9.47 Å². The average molecular weight is 418 g/mol. The molecule has 9 heteroatoms. The van der Waals surface area contributed by atoms with Crippen molar-refractivity contribution in [2.75, 3.05) is 26.5 Å². The van der Waals surface area contributed by atoms with Gasteiger partial charge in [-0.2, -0.15) is 0 Å². The molecule has 0 aromatic heterocycles. The van der Waals surface area contributed by atoms with Crippen molar-refractivity contribution in [2.24, 2.45) is 0 Å². The molecule has 8 nitrogen and oxygen atoms in total. The maximum atomic E-state index is 12.8. The second kappa shape index (κ2) is 8.46. The normalized spacial score (nSPS) is 22.7. The molecule has 0 radical (unpaired) electrons. The summed E-state index contributed by atoms with van der Waals surface area (Å²) in [5.41, 5.74) is 0.713. The Hall–Kier alpha value is -2.52. The summed E-state index contributed by atoms with van der Waals surface area (Å²) in [5.74, 6) is 0.504. The molecule has 1 unspecified atom stereocenters. The van der Waals surface area contributed by atoms with Gasteiger partial charge in [0, 0.05) is 19.2 Å². The Kier molecular flexibility index (Phi) is 5.77. The number of thioether (sulfide) groups is 1. The van der Waals surface area contributed by atoms with Crippen molar-refractivity contribution in [3.8, 4) is 11.5 Å². The first-order valence-electron chi connectivity index (χ1n) is 9.62. The highest BCUT2D eigenvalue weighted by Crippen LogP contribution is 2.36. The molecular formula is C20H22N2O6S. The molecule has 1 N–H and O–H groups in total. The van der Waals surface area contributed by atoms with Gasteiger partial charge < -0.3 is 19.5 Å². The molecule has 4 rings (SSSR count). The van der Waals surface area contributed by atoms with E-state index in [-0.39, 0.29) is 36.8 Å². The predicted octanol–water partition coefficient (Wildman–Crippen LogP) is 2.22. The Morgan fingerprint density at radius 3 is 2.90 bits per heavy atom. The van der Waals surface area contributed by atoms with Crippen molar-refractivity contribution in [3.63, 3.8) is 0 Å². The van der Waals surface area contributed by atoms with Gasteiger partial charge in [-0.1, -0.05) is 6.07 Å². The van der Waals surface area contributed by atoms with E-state index >= 15 is 0 Å². The molecule has 3 amide bonds. The Morgan fingerprint density at radius 2 is 2.07 bits per heavy atom. The number of nitrogens with zero attached hydrogens (tertiary/aromatic N) is 2. The number of hydrogen-bond acceptors (Lipinski definition) is 7. The molecule has 1 aromatic carbocycles. The molecular weight excluding hydrogens is 396 g/mol. The maximum Gasteiger partial charge on any atom is 0.294 e. The molecule has 0 spiro atoms. The number of piperidine rings is 1. The minimum Gasteiger partial charge on any atom is -0.454 e. The number of imide groups is 1. The third kappa shape index (κ3) is 4.11. The Bertz CT molecular complexity index is 869. The largest absolute Gasteiger partial charge is 0.454 e. The fourth-order valence-corrected chi connectivity index (χ4v) is 4.63. The van der Waals surface area contributed by atoms with Crippen molar-refractivity contribution in [1.82, 2.24) is 9.80 Å². The molecule has 0 saturated carbocycles. The van der Waals surface area contributed by atoms with Crippen LogP contribution in [0, 0.1) is 0 Å². The number of ether oxygens (including phenoxy) is 2. The van der Waals surface area contributed by atoms with Gasteiger partial charge in [-0.05, 0) is 61.2 Å². The SMILES string of the molecule is O=C1SC(=Cc2ccc3c(c2)OCO3)C(=O)N1CC(=O)N1CCCCC1CCO. The minimum atomic E-state index is -0.471. The van der Waals surface area contributed by atoms with Crippen molar-refractivity contribution >= 4 is 34.9 Å². The van der Waals surface area contributed by atoms with E-state index in [9.17, 15) is 19.5 Å². The lowest BCUT2D eigenvalue weighted by Gasteiger charge is -2.36. The molecule has 29 heavy (non-hydrogen) atoms. The van der Waals surface area contributed by atoms with Crippen LogP contribution in [0.4, 0.5) is 4.79 Å².